The molecule has 0 fully saturated rings. The van der Waals surface area contributed by atoms with Crippen LogP contribution in [-0.2, 0) is 0 Å². The van der Waals surface area contributed by atoms with E-state index in [1.54, 1.807) is 25.1 Å². The first kappa shape index (κ1) is 13.5. The summed E-state index contributed by atoms with van der Waals surface area (Å²) in [5.74, 6) is -0.454. The van der Waals surface area contributed by atoms with E-state index in [2.05, 4.69) is 9.97 Å². The van der Waals surface area contributed by atoms with Gasteiger partial charge in [0.25, 0.3) is 0 Å². The first-order valence-corrected chi connectivity index (χ1v) is 5.93. The Bertz CT molecular complexity index is 527. The highest BCUT2D eigenvalue weighted by Gasteiger charge is 2.11. The molecule has 1 aromatic heterocycles. The zero-order valence-electron chi connectivity index (χ0n) is 10.9. The maximum atomic E-state index is 13.4. The number of hydrogen-bond acceptors (Lipinski definition) is 4. The summed E-state index contributed by atoms with van der Waals surface area (Å²) in [4.78, 5) is 9.28. The molecule has 0 bridgehead atoms. The summed E-state index contributed by atoms with van der Waals surface area (Å²) in [7, 11) is 3.37. The molecule has 0 radical (unpaired) electrons. The fourth-order valence-corrected chi connectivity index (χ4v) is 1.66. The van der Waals surface area contributed by atoms with Crippen LogP contribution < -0.4 is 9.64 Å². The number of halogens is 2. The standard InChI is InChI=1S/C13H15F2N3O/c1-18(2)12-11(15)7-16-13(17-12)19-8-9-3-5-10(14)6-4-9/h3,5,7H,4,6,8H2,1-2H3. The molecule has 0 aliphatic heterocycles. The molecule has 0 saturated carbocycles. The van der Waals surface area contributed by atoms with E-state index in [4.69, 9.17) is 4.74 Å². The maximum absolute atomic E-state index is 13.4. The molecule has 4 nitrogen and oxygen atoms in total. The Morgan fingerprint density at radius 2 is 2.05 bits per heavy atom. The van der Waals surface area contributed by atoms with Crippen molar-refractivity contribution in [1.29, 1.82) is 0 Å². The van der Waals surface area contributed by atoms with Crippen LogP contribution in [0.5, 0.6) is 6.01 Å². The van der Waals surface area contributed by atoms with Gasteiger partial charge in [0.05, 0.1) is 6.20 Å². The molecule has 2 rings (SSSR count). The van der Waals surface area contributed by atoms with Crippen molar-refractivity contribution in [3.63, 3.8) is 0 Å². The lowest BCUT2D eigenvalue weighted by molar-refractivity contribution is 0.316. The smallest absolute Gasteiger partial charge is 0.318 e. The summed E-state index contributed by atoms with van der Waals surface area (Å²) in [6.45, 7) is 0.280. The van der Waals surface area contributed by atoms with Crippen LogP contribution in [0.3, 0.4) is 0 Å². The molecule has 1 aliphatic carbocycles. The Labute approximate surface area is 110 Å². The van der Waals surface area contributed by atoms with E-state index in [0.717, 1.165) is 11.8 Å². The molecule has 6 heteroatoms. The van der Waals surface area contributed by atoms with Crippen molar-refractivity contribution in [3.05, 3.63) is 35.6 Å². The third kappa shape index (κ3) is 3.49. The number of ether oxygens (including phenoxy) is 1. The third-order valence-corrected chi connectivity index (χ3v) is 2.70. The first-order chi connectivity index (χ1) is 9.06. The van der Waals surface area contributed by atoms with Crippen LogP contribution in [0.25, 0.3) is 0 Å². The normalized spacial score (nSPS) is 14.7. The predicted octanol–water partition coefficient (Wildman–Crippen LogP) is 2.63. The van der Waals surface area contributed by atoms with Gasteiger partial charge in [0.15, 0.2) is 11.6 Å². The summed E-state index contributed by atoms with van der Waals surface area (Å²) >= 11 is 0. The molecule has 0 amide bonds. The molecule has 19 heavy (non-hydrogen) atoms. The third-order valence-electron chi connectivity index (χ3n) is 2.70. The zero-order valence-corrected chi connectivity index (χ0v) is 10.9. The second-order valence-corrected chi connectivity index (χ2v) is 4.45. The number of hydrogen-bond donors (Lipinski definition) is 0. The molecule has 0 N–H and O–H groups in total. The van der Waals surface area contributed by atoms with Gasteiger partial charge in [-0.25, -0.2) is 13.8 Å². The van der Waals surface area contributed by atoms with E-state index >= 15 is 0 Å². The number of aromatic nitrogens is 2. The average molecular weight is 267 g/mol. The summed E-state index contributed by atoms with van der Waals surface area (Å²) in [6.07, 6.45) is 5.20. The van der Waals surface area contributed by atoms with Crippen molar-refractivity contribution in [2.45, 2.75) is 12.8 Å². The quantitative estimate of drug-likeness (QED) is 0.840. The van der Waals surface area contributed by atoms with E-state index in [9.17, 15) is 8.78 Å². The molecule has 0 spiro atoms. The molecule has 102 valence electrons. The summed E-state index contributed by atoms with van der Waals surface area (Å²) in [6, 6.07) is 0.112. The van der Waals surface area contributed by atoms with Gasteiger partial charge >= 0.3 is 6.01 Å². The zero-order chi connectivity index (χ0) is 13.8. The molecule has 0 atom stereocenters. The Balaban J connectivity index is 2.02. The van der Waals surface area contributed by atoms with E-state index in [-0.39, 0.29) is 24.3 Å². The van der Waals surface area contributed by atoms with E-state index in [1.807, 2.05) is 0 Å². The molecular weight excluding hydrogens is 252 g/mol. The lowest BCUT2D eigenvalue weighted by Gasteiger charge is -2.14. The monoisotopic (exact) mass is 267 g/mol. The highest BCUT2D eigenvalue weighted by atomic mass is 19.1. The number of anilines is 1. The highest BCUT2D eigenvalue weighted by molar-refractivity contribution is 5.37. The second kappa shape index (κ2) is 5.77. The van der Waals surface area contributed by atoms with Gasteiger partial charge in [0.1, 0.15) is 12.4 Å². The van der Waals surface area contributed by atoms with Gasteiger partial charge in [-0.15, -0.1) is 0 Å². The Morgan fingerprint density at radius 3 is 2.68 bits per heavy atom. The van der Waals surface area contributed by atoms with Crippen molar-refractivity contribution in [3.8, 4) is 6.01 Å². The van der Waals surface area contributed by atoms with Gasteiger partial charge in [0.2, 0.25) is 0 Å². The maximum Gasteiger partial charge on any atom is 0.318 e. The van der Waals surface area contributed by atoms with Gasteiger partial charge in [-0.05, 0) is 18.1 Å². The lowest BCUT2D eigenvalue weighted by atomic mass is 10.1. The number of nitrogens with zero attached hydrogens (tertiary/aromatic N) is 3. The van der Waals surface area contributed by atoms with Crippen LogP contribution in [0, 0.1) is 5.82 Å². The summed E-state index contributed by atoms with van der Waals surface area (Å²) in [5.41, 5.74) is 0.959. The van der Waals surface area contributed by atoms with Crippen molar-refractivity contribution in [2.75, 3.05) is 25.6 Å². The van der Waals surface area contributed by atoms with Gasteiger partial charge in [0, 0.05) is 20.5 Å². The Morgan fingerprint density at radius 1 is 1.26 bits per heavy atom. The minimum absolute atomic E-state index is 0.112. The Hall–Kier alpha value is -1.98. The largest absolute Gasteiger partial charge is 0.459 e. The van der Waals surface area contributed by atoms with E-state index in [0.29, 0.717) is 12.8 Å². The SMILES string of the molecule is CN(C)c1nc(OCC2=CC=C(F)CC2)ncc1F. The number of allylic oxidation sites excluding steroid dienone is 3. The summed E-state index contributed by atoms with van der Waals surface area (Å²) in [5, 5.41) is 0. The Kier molecular flexibility index (Phi) is 4.09. The fourth-order valence-electron chi connectivity index (χ4n) is 1.66. The van der Waals surface area contributed by atoms with Crippen molar-refractivity contribution >= 4 is 5.82 Å². The van der Waals surface area contributed by atoms with Crippen LogP contribution in [0.1, 0.15) is 12.8 Å². The summed E-state index contributed by atoms with van der Waals surface area (Å²) < 4.78 is 31.6. The topological polar surface area (TPSA) is 38.2 Å². The molecule has 1 heterocycles. The predicted molar refractivity (Wildman–Crippen MR) is 68.3 cm³/mol. The molecule has 0 aromatic carbocycles. The molecule has 0 saturated heterocycles. The first-order valence-electron chi connectivity index (χ1n) is 5.93. The average Bonchev–Trinajstić information content (AvgIpc) is 2.39. The molecule has 1 aromatic rings. The van der Waals surface area contributed by atoms with Crippen molar-refractivity contribution in [1.82, 2.24) is 9.97 Å². The van der Waals surface area contributed by atoms with Crippen LogP contribution in [0.2, 0.25) is 0 Å². The van der Waals surface area contributed by atoms with Crippen LogP contribution in [0.15, 0.2) is 29.7 Å². The van der Waals surface area contributed by atoms with Crippen molar-refractivity contribution in [2.24, 2.45) is 0 Å². The minimum atomic E-state index is -0.501. The van der Waals surface area contributed by atoms with Gasteiger partial charge < -0.3 is 9.64 Å². The fraction of sp³-hybridized carbons (Fsp3) is 0.385. The van der Waals surface area contributed by atoms with Crippen LogP contribution in [0.4, 0.5) is 14.6 Å². The van der Waals surface area contributed by atoms with Crippen LogP contribution in [-0.4, -0.2) is 30.7 Å². The second-order valence-electron chi connectivity index (χ2n) is 4.45. The van der Waals surface area contributed by atoms with Gasteiger partial charge in [-0.2, -0.15) is 4.98 Å². The highest BCUT2D eigenvalue weighted by Crippen LogP contribution is 2.20. The van der Waals surface area contributed by atoms with Crippen LogP contribution >= 0.6 is 0 Å². The number of rotatable bonds is 4. The molecule has 1 aliphatic rings. The van der Waals surface area contributed by atoms with Crippen molar-refractivity contribution < 1.29 is 13.5 Å². The lowest BCUT2D eigenvalue weighted by Crippen LogP contribution is -2.14. The molecular formula is C13H15F2N3O. The van der Waals surface area contributed by atoms with E-state index < -0.39 is 5.82 Å². The van der Waals surface area contributed by atoms with Gasteiger partial charge in [-0.1, -0.05) is 6.08 Å². The molecule has 0 unspecified atom stereocenters. The van der Waals surface area contributed by atoms with E-state index in [1.165, 1.54) is 6.08 Å². The van der Waals surface area contributed by atoms with Gasteiger partial charge in [-0.3, -0.25) is 0 Å². The minimum Gasteiger partial charge on any atom is -0.459 e.